The first-order valence-electron chi connectivity index (χ1n) is 7.05. The molecule has 1 aromatic heterocycles. The molecule has 6 nitrogen and oxygen atoms in total. The molecular weight excluding hydrogens is 348 g/mol. The van der Waals surface area contributed by atoms with E-state index in [1.807, 2.05) is 6.92 Å². The van der Waals surface area contributed by atoms with Crippen molar-refractivity contribution in [3.8, 4) is 11.5 Å². The van der Waals surface area contributed by atoms with E-state index >= 15 is 0 Å². The summed E-state index contributed by atoms with van der Waals surface area (Å²) in [5.74, 6) is 0.826. The fraction of sp³-hybridized carbons (Fsp3) is 0.188. The molecule has 0 atom stereocenters. The zero-order chi connectivity index (χ0) is 17.3. The predicted molar refractivity (Wildman–Crippen MR) is 94.7 cm³/mol. The molecule has 0 aliphatic rings. The van der Waals surface area contributed by atoms with Crippen molar-refractivity contribution < 1.29 is 17.9 Å². The van der Waals surface area contributed by atoms with Crippen LogP contribution < -0.4 is 14.2 Å². The van der Waals surface area contributed by atoms with Gasteiger partial charge in [0, 0.05) is 6.07 Å². The summed E-state index contributed by atoms with van der Waals surface area (Å²) in [6.45, 7) is 1.91. The van der Waals surface area contributed by atoms with Crippen LogP contribution in [0.15, 0.2) is 41.3 Å². The number of thiazole rings is 1. The lowest BCUT2D eigenvalue weighted by atomic mass is 10.3. The Hall–Kier alpha value is -2.32. The monoisotopic (exact) mass is 364 g/mol. The fourth-order valence-corrected chi connectivity index (χ4v) is 4.23. The number of sulfonamides is 1. The predicted octanol–water partition coefficient (Wildman–Crippen LogP) is 3.42. The number of fused-ring (bicyclic) bond motifs is 1. The van der Waals surface area contributed by atoms with Crippen LogP contribution >= 0.6 is 11.3 Å². The van der Waals surface area contributed by atoms with Crippen molar-refractivity contribution >= 4 is 37.3 Å². The van der Waals surface area contributed by atoms with Crippen molar-refractivity contribution in [1.29, 1.82) is 0 Å². The lowest BCUT2D eigenvalue weighted by Gasteiger charge is -2.11. The average Bonchev–Trinajstić information content (AvgIpc) is 2.93. The van der Waals surface area contributed by atoms with Crippen LogP contribution in [0.25, 0.3) is 10.2 Å². The minimum Gasteiger partial charge on any atom is -0.493 e. The van der Waals surface area contributed by atoms with Crippen molar-refractivity contribution in [3.63, 3.8) is 0 Å². The second-order valence-corrected chi connectivity index (χ2v) is 7.95. The van der Waals surface area contributed by atoms with E-state index in [1.54, 1.807) is 24.3 Å². The van der Waals surface area contributed by atoms with E-state index < -0.39 is 10.0 Å². The molecule has 2 aromatic carbocycles. The lowest BCUT2D eigenvalue weighted by Crippen LogP contribution is -2.13. The highest BCUT2D eigenvalue weighted by atomic mass is 32.2. The summed E-state index contributed by atoms with van der Waals surface area (Å²) in [4.78, 5) is 4.46. The Morgan fingerprint density at radius 2 is 1.79 bits per heavy atom. The van der Waals surface area contributed by atoms with Crippen LogP contribution in [0.1, 0.15) is 5.01 Å². The number of benzene rings is 2. The van der Waals surface area contributed by atoms with Gasteiger partial charge in [-0.05, 0) is 37.3 Å². The van der Waals surface area contributed by atoms with Crippen LogP contribution in [-0.2, 0) is 10.0 Å². The molecule has 0 bridgehead atoms. The molecule has 0 saturated carbocycles. The number of nitrogens with one attached hydrogen (secondary N) is 1. The second-order valence-electron chi connectivity index (χ2n) is 5.04. The summed E-state index contributed by atoms with van der Waals surface area (Å²) in [6, 6.07) is 9.72. The minimum atomic E-state index is -3.73. The smallest absolute Gasteiger partial charge is 0.262 e. The third-order valence-electron chi connectivity index (χ3n) is 3.41. The number of aromatic nitrogens is 1. The molecule has 8 heteroatoms. The Morgan fingerprint density at radius 1 is 1.04 bits per heavy atom. The molecule has 0 spiro atoms. The van der Waals surface area contributed by atoms with E-state index in [9.17, 15) is 8.42 Å². The second kappa shape index (κ2) is 6.29. The standard InChI is InChI=1S/C16H16N2O4S2/c1-10-17-13-6-4-11(8-16(13)23-10)18-24(19,20)12-5-7-14(21-2)15(9-12)22-3/h4-9,18H,1-3H3. The van der Waals surface area contributed by atoms with Crippen LogP contribution in [0.5, 0.6) is 11.5 Å². The van der Waals surface area contributed by atoms with Gasteiger partial charge < -0.3 is 9.47 Å². The molecule has 24 heavy (non-hydrogen) atoms. The fourth-order valence-electron chi connectivity index (χ4n) is 2.30. The number of nitrogens with zero attached hydrogens (tertiary/aromatic N) is 1. The van der Waals surface area contributed by atoms with Crippen molar-refractivity contribution in [2.24, 2.45) is 0 Å². The van der Waals surface area contributed by atoms with Gasteiger partial charge in [0.1, 0.15) is 0 Å². The highest BCUT2D eigenvalue weighted by Crippen LogP contribution is 2.31. The number of aryl methyl sites for hydroxylation is 1. The van der Waals surface area contributed by atoms with Gasteiger partial charge in [-0.2, -0.15) is 0 Å². The molecule has 0 radical (unpaired) electrons. The first-order chi connectivity index (χ1) is 11.4. The molecule has 126 valence electrons. The maximum absolute atomic E-state index is 12.6. The first-order valence-corrected chi connectivity index (χ1v) is 9.35. The largest absolute Gasteiger partial charge is 0.493 e. The molecule has 0 unspecified atom stereocenters. The number of ether oxygens (including phenoxy) is 2. The molecule has 0 amide bonds. The Balaban J connectivity index is 1.94. The molecular formula is C16H16N2O4S2. The molecule has 0 aliphatic carbocycles. The summed E-state index contributed by atoms with van der Waals surface area (Å²) in [6.07, 6.45) is 0. The zero-order valence-corrected chi connectivity index (χ0v) is 15.0. The third-order valence-corrected chi connectivity index (χ3v) is 5.73. The van der Waals surface area contributed by atoms with Gasteiger partial charge in [0.05, 0.1) is 40.0 Å². The van der Waals surface area contributed by atoms with E-state index in [4.69, 9.17) is 9.47 Å². The van der Waals surface area contributed by atoms with Gasteiger partial charge in [-0.1, -0.05) is 0 Å². The first kappa shape index (κ1) is 16.5. The Morgan fingerprint density at radius 3 is 2.50 bits per heavy atom. The van der Waals surface area contributed by atoms with Gasteiger partial charge in [0.2, 0.25) is 0 Å². The Bertz CT molecular complexity index is 996. The summed E-state index contributed by atoms with van der Waals surface area (Å²) in [7, 11) is -0.777. The highest BCUT2D eigenvalue weighted by molar-refractivity contribution is 7.92. The van der Waals surface area contributed by atoms with Gasteiger partial charge in [-0.15, -0.1) is 11.3 Å². The topological polar surface area (TPSA) is 77.5 Å². The van der Waals surface area contributed by atoms with E-state index in [-0.39, 0.29) is 4.90 Å². The number of hydrogen-bond acceptors (Lipinski definition) is 6. The quantitative estimate of drug-likeness (QED) is 0.750. The molecule has 0 fully saturated rings. The van der Waals surface area contributed by atoms with Gasteiger partial charge in [-0.3, -0.25) is 4.72 Å². The zero-order valence-electron chi connectivity index (χ0n) is 13.4. The third kappa shape index (κ3) is 3.15. The summed E-state index contributed by atoms with van der Waals surface area (Å²) < 4.78 is 39.0. The van der Waals surface area contributed by atoms with Crippen molar-refractivity contribution in [2.75, 3.05) is 18.9 Å². The number of hydrogen-bond donors (Lipinski definition) is 1. The number of methoxy groups -OCH3 is 2. The number of rotatable bonds is 5. The van der Waals surface area contributed by atoms with E-state index in [2.05, 4.69) is 9.71 Å². The van der Waals surface area contributed by atoms with Gasteiger partial charge in [0.15, 0.2) is 11.5 Å². The normalized spacial score (nSPS) is 11.5. The maximum Gasteiger partial charge on any atom is 0.262 e. The van der Waals surface area contributed by atoms with E-state index in [0.29, 0.717) is 17.2 Å². The molecule has 3 rings (SSSR count). The van der Waals surface area contributed by atoms with Crippen LogP contribution in [0, 0.1) is 6.92 Å². The van der Waals surface area contributed by atoms with Crippen molar-refractivity contribution in [2.45, 2.75) is 11.8 Å². The molecule has 1 heterocycles. The van der Waals surface area contributed by atoms with Crippen molar-refractivity contribution in [1.82, 2.24) is 4.98 Å². The van der Waals surface area contributed by atoms with Crippen molar-refractivity contribution in [3.05, 3.63) is 41.4 Å². The average molecular weight is 364 g/mol. The van der Waals surface area contributed by atoms with Crippen LogP contribution in [-0.4, -0.2) is 27.6 Å². The summed E-state index contributed by atoms with van der Waals surface area (Å²) >= 11 is 1.52. The minimum absolute atomic E-state index is 0.0979. The van der Waals surface area contributed by atoms with Gasteiger partial charge in [0.25, 0.3) is 10.0 Å². The SMILES string of the molecule is COc1ccc(S(=O)(=O)Nc2ccc3nc(C)sc3c2)cc1OC. The highest BCUT2D eigenvalue weighted by Gasteiger charge is 2.17. The van der Waals surface area contributed by atoms with Gasteiger partial charge in [-0.25, -0.2) is 13.4 Å². The molecule has 0 aliphatic heterocycles. The van der Waals surface area contributed by atoms with Gasteiger partial charge >= 0.3 is 0 Å². The van der Waals surface area contributed by atoms with E-state index in [1.165, 1.54) is 37.7 Å². The Labute approximate surface area is 144 Å². The van der Waals surface area contributed by atoms with E-state index in [0.717, 1.165) is 15.2 Å². The summed E-state index contributed by atoms with van der Waals surface area (Å²) in [5.41, 5.74) is 1.34. The molecule has 0 saturated heterocycles. The summed E-state index contributed by atoms with van der Waals surface area (Å²) in [5, 5.41) is 0.935. The Kier molecular flexibility index (Phi) is 4.33. The van der Waals surface area contributed by atoms with Crippen LogP contribution in [0.4, 0.5) is 5.69 Å². The van der Waals surface area contributed by atoms with Crippen LogP contribution in [0.2, 0.25) is 0 Å². The maximum atomic E-state index is 12.6. The van der Waals surface area contributed by atoms with Crippen LogP contribution in [0.3, 0.4) is 0 Å². The lowest BCUT2D eigenvalue weighted by molar-refractivity contribution is 0.354. The molecule has 1 N–H and O–H groups in total. The number of anilines is 1. The molecule has 3 aromatic rings.